The Balaban J connectivity index is 2.03. The van der Waals surface area contributed by atoms with E-state index in [1.54, 1.807) is 0 Å². The molecule has 0 saturated heterocycles. The van der Waals surface area contributed by atoms with Crippen LogP contribution < -0.4 is 5.32 Å². The molecule has 2 aromatic heterocycles. The Labute approximate surface area is 127 Å². The standard InChI is InChI=1S/C17H24N4/c1-4-21(12-16-9-5-7-14(2)19-16)13-17-10-6-8-15(20-17)11-18-3/h5-10,18H,4,11-13H2,1-3H3. The molecule has 0 fully saturated rings. The molecule has 1 N–H and O–H groups in total. The van der Waals surface area contributed by atoms with Crippen LogP contribution in [0.4, 0.5) is 0 Å². The lowest BCUT2D eigenvalue weighted by atomic mass is 10.2. The summed E-state index contributed by atoms with van der Waals surface area (Å²) < 4.78 is 0. The summed E-state index contributed by atoms with van der Waals surface area (Å²) in [4.78, 5) is 11.6. The number of aromatic nitrogens is 2. The molecule has 0 saturated carbocycles. The molecule has 0 spiro atoms. The van der Waals surface area contributed by atoms with E-state index in [9.17, 15) is 0 Å². The van der Waals surface area contributed by atoms with Crippen molar-refractivity contribution in [1.82, 2.24) is 20.2 Å². The summed E-state index contributed by atoms with van der Waals surface area (Å²) in [5.74, 6) is 0. The van der Waals surface area contributed by atoms with Crippen LogP contribution in [-0.4, -0.2) is 28.5 Å². The van der Waals surface area contributed by atoms with E-state index in [0.717, 1.165) is 49.0 Å². The molecule has 0 aromatic carbocycles. The molecule has 21 heavy (non-hydrogen) atoms. The number of nitrogens with one attached hydrogen (secondary N) is 1. The van der Waals surface area contributed by atoms with Crippen LogP contribution in [0.3, 0.4) is 0 Å². The van der Waals surface area contributed by atoms with Gasteiger partial charge in [0, 0.05) is 25.3 Å². The van der Waals surface area contributed by atoms with Gasteiger partial charge in [-0.3, -0.25) is 14.9 Å². The molecule has 2 rings (SSSR count). The molecule has 0 aliphatic rings. The largest absolute Gasteiger partial charge is 0.314 e. The minimum Gasteiger partial charge on any atom is -0.314 e. The van der Waals surface area contributed by atoms with Crippen LogP contribution in [-0.2, 0) is 19.6 Å². The van der Waals surface area contributed by atoms with Gasteiger partial charge in [0.05, 0.1) is 17.1 Å². The second-order valence-electron chi connectivity index (χ2n) is 5.22. The Morgan fingerprint density at radius 2 is 1.57 bits per heavy atom. The average molecular weight is 284 g/mol. The number of hydrogen-bond acceptors (Lipinski definition) is 4. The quantitative estimate of drug-likeness (QED) is 0.848. The lowest BCUT2D eigenvalue weighted by Crippen LogP contribution is -2.23. The smallest absolute Gasteiger partial charge is 0.0548 e. The van der Waals surface area contributed by atoms with Crippen LogP contribution in [0.15, 0.2) is 36.4 Å². The van der Waals surface area contributed by atoms with E-state index in [4.69, 9.17) is 0 Å². The molecule has 4 heteroatoms. The summed E-state index contributed by atoms with van der Waals surface area (Å²) in [6.07, 6.45) is 0. The highest BCUT2D eigenvalue weighted by atomic mass is 15.1. The summed E-state index contributed by atoms with van der Waals surface area (Å²) in [7, 11) is 1.94. The van der Waals surface area contributed by atoms with Gasteiger partial charge in [0.15, 0.2) is 0 Å². The van der Waals surface area contributed by atoms with E-state index in [1.165, 1.54) is 0 Å². The van der Waals surface area contributed by atoms with Gasteiger partial charge in [-0.05, 0) is 44.8 Å². The van der Waals surface area contributed by atoms with Gasteiger partial charge in [-0.25, -0.2) is 0 Å². The lowest BCUT2D eigenvalue weighted by molar-refractivity contribution is 0.264. The minimum atomic E-state index is 0.805. The van der Waals surface area contributed by atoms with Crippen LogP contribution >= 0.6 is 0 Å². The number of rotatable bonds is 7. The highest BCUT2D eigenvalue weighted by Crippen LogP contribution is 2.08. The molecule has 112 valence electrons. The van der Waals surface area contributed by atoms with Crippen molar-refractivity contribution in [2.75, 3.05) is 13.6 Å². The number of aryl methyl sites for hydroxylation is 1. The van der Waals surface area contributed by atoms with Gasteiger partial charge in [-0.1, -0.05) is 19.1 Å². The number of hydrogen-bond donors (Lipinski definition) is 1. The first kappa shape index (κ1) is 15.6. The molecule has 4 nitrogen and oxygen atoms in total. The van der Waals surface area contributed by atoms with E-state index < -0.39 is 0 Å². The average Bonchev–Trinajstić information content (AvgIpc) is 2.47. The second kappa shape index (κ2) is 7.86. The Morgan fingerprint density at radius 1 is 0.952 bits per heavy atom. The van der Waals surface area contributed by atoms with Gasteiger partial charge in [0.1, 0.15) is 0 Å². The Morgan fingerprint density at radius 3 is 2.19 bits per heavy atom. The predicted octanol–water partition coefficient (Wildman–Crippen LogP) is 2.53. The SMILES string of the molecule is CCN(Cc1cccc(C)n1)Cc1cccc(CNC)n1. The van der Waals surface area contributed by atoms with Crippen LogP contribution in [0.1, 0.15) is 29.7 Å². The fourth-order valence-corrected chi connectivity index (χ4v) is 2.32. The topological polar surface area (TPSA) is 41.1 Å². The first-order valence-corrected chi connectivity index (χ1v) is 7.45. The predicted molar refractivity (Wildman–Crippen MR) is 85.8 cm³/mol. The van der Waals surface area contributed by atoms with Crippen molar-refractivity contribution >= 4 is 0 Å². The molecule has 2 aromatic rings. The Hall–Kier alpha value is -1.78. The summed E-state index contributed by atoms with van der Waals surface area (Å²) in [6.45, 7) is 7.70. The monoisotopic (exact) mass is 284 g/mol. The van der Waals surface area contributed by atoms with Crippen LogP contribution in [0.25, 0.3) is 0 Å². The molecule has 0 radical (unpaired) electrons. The lowest BCUT2D eigenvalue weighted by Gasteiger charge is -2.20. The Bertz CT molecular complexity index is 568. The third-order valence-corrected chi connectivity index (χ3v) is 3.39. The van der Waals surface area contributed by atoms with Gasteiger partial charge < -0.3 is 5.32 Å². The van der Waals surface area contributed by atoms with E-state index in [-0.39, 0.29) is 0 Å². The summed E-state index contributed by atoms with van der Waals surface area (Å²) in [6, 6.07) is 12.4. The van der Waals surface area contributed by atoms with E-state index in [1.807, 2.05) is 20.0 Å². The summed E-state index contributed by atoms with van der Waals surface area (Å²) >= 11 is 0. The molecule has 0 bridgehead atoms. The maximum absolute atomic E-state index is 4.68. The van der Waals surface area contributed by atoms with E-state index >= 15 is 0 Å². The van der Waals surface area contributed by atoms with E-state index in [2.05, 4.69) is 57.4 Å². The molecular formula is C17H24N4. The van der Waals surface area contributed by atoms with Crippen molar-refractivity contribution in [2.45, 2.75) is 33.5 Å². The second-order valence-corrected chi connectivity index (χ2v) is 5.22. The van der Waals surface area contributed by atoms with Gasteiger partial charge in [0.2, 0.25) is 0 Å². The van der Waals surface area contributed by atoms with Crippen molar-refractivity contribution in [3.05, 3.63) is 59.2 Å². The Kier molecular flexibility index (Phi) is 5.84. The highest BCUT2D eigenvalue weighted by molar-refractivity contribution is 5.12. The molecule has 0 atom stereocenters. The zero-order valence-electron chi connectivity index (χ0n) is 13.1. The fraction of sp³-hybridized carbons (Fsp3) is 0.412. The van der Waals surface area contributed by atoms with Crippen molar-refractivity contribution in [3.8, 4) is 0 Å². The van der Waals surface area contributed by atoms with Crippen molar-refractivity contribution in [3.63, 3.8) is 0 Å². The zero-order chi connectivity index (χ0) is 15.1. The summed E-state index contributed by atoms with van der Waals surface area (Å²) in [5.41, 5.74) is 4.37. The molecule has 0 unspecified atom stereocenters. The first-order valence-electron chi connectivity index (χ1n) is 7.45. The van der Waals surface area contributed by atoms with Crippen molar-refractivity contribution in [2.24, 2.45) is 0 Å². The van der Waals surface area contributed by atoms with Crippen LogP contribution in [0.5, 0.6) is 0 Å². The molecule has 2 heterocycles. The van der Waals surface area contributed by atoms with Gasteiger partial charge >= 0.3 is 0 Å². The molecule has 0 amide bonds. The molecule has 0 aliphatic carbocycles. The van der Waals surface area contributed by atoms with E-state index in [0.29, 0.717) is 0 Å². The maximum Gasteiger partial charge on any atom is 0.0548 e. The zero-order valence-corrected chi connectivity index (χ0v) is 13.1. The third-order valence-electron chi connectivity index (χ3n) is 3.39. The van der Waals surface area contributed by atoms with Gasteiger partial charge in [-0.15, -0.1) is 0 Å². The van der Waals surface area contributed by atoms with Crippen molar-refractivity contribution < 1.29 is 0 Å². The normalized spacial score (nSPS) is 11.0. The summed E-state index contributed by atoms with van der Waals surface area (Å²) in [5, 5.41) is 3.14. The minimum absolute atomic E-state index is 0.805. The fourth-order valence-electron chi connectivity index (χ4n) is 2.32. The number of nitrogens with zero attached hydrogens (tertiary/aromatic N) is 3. The first-order chi connectivity index (χ1) is 10.2. The molecular weight excluding hydrogens is 260 g/mol. The molecule has 0 aliphatic heterocycles. The van der Waals surface area contributed by atoms with Gasteiger partial charge in [-0.2, -0.15) is 0 Å². The van der Waals surface area contributed by atoms with Crippen molar-refractivity contribution in [1.29, 1.82) is 0 Å². The van der Waals surface area contributed by atoms with Gasteiger partial charge in [0.25, 0.3) is 0 Å². The van der Waals surface area contributed by atoms with Crippen LogP contribution in [0, 0.1) is 6.92 Å². The van der Waals surface area contributed by atoms with Crippen LogP contribution in [0.2, 0.25) is 0 Å². The number of pyridine rings is 2. The maximum atomic E-state index is 4.68. The highest BCUT2D eigenvalue weighted by Gasteiger charge is 2.07. The third kappa shape index (κ3) is 4.92.